The van der Waals surface area contributed by atoms with Gasteiger partial charge in [0.2, 0.25) is 0 Å². The Hall–Kier alpha value is -3.68. The van der Waals surface area contributed by atoms with Crippen molar-refractivity contribution in [3.8, 4) is 22.8 Å². The summed E-state index contributed by atoms with van der Waals surface area (Å²) in [6.07, 6.45) is 1.81. The van der Waals surface area contributed by atoms with E-state index in [9.17, 15) is 18.3 Å². The zero-order valence-corrected chi connectivity index (χ0v) is 15.5. The van der Waals surface area contributed by atoms with Crippen LogP contribution in [0.3, 0.4) is 0 Å². The van der Waals surface area contributed by atoms with Gasteiger partial charge in [0.15, 0.2) is 29.0 Å². The molecular weight excluding hydrogens is 383 g/mol. The van der Waals surface area contributed by atoms with Gasteiger partial charge in [-0.3, -0.25) is 4.40 Å². The number of hydrogen-bond acceptors (Lipinski definition) is 4. The third-order valence-electron chi connectivity index (χ3n) is 4.47. The normalized spacial score (nSPS) is 11.1. The van der Waals surface area contributed by atoms with Crippen LogP contribution in [0.4, 0.5) is 24.7 Å². The zero-order valence-electron chi connectivity index (χ0n) is 15.5. The molecule has 0 bridgehead atoms. The number of pyridine rings is 1. The average Bonchev–Trinajstić information content (AvgIpc) is 3.04. The van der Waals surface area contributed by atoms with Crippen molar-refractivity contribution in [1.29, 1.82) is 0 Å². The van der Waals surface area contributed by atoms with Gasteiger partial charge in [-0.05, 0) is 42.8 Å². The first-order valence-corrected chi connectivity index (χ1v) is 8.65. The topological polar surface area (TPSA) is 58.8 Å². The largest absolute Gasteiger partial charge is 0.502 e. The minimum atomic E-state index is -1.00. The van der Waals surface area contributed by atoms with Gasteiger partial charge in [-0.25, -0.2) is 18.2 Å². The number of methoxy groups -OCH3 is 1. The van der Waals surface area contributed by atoms with Crippen molar-refractivity contribution in [1.82, 2.24) is 9.38 Å². The maximum atomic E-state index is 14.2. The molecule has 4 aromatic rings. The van der Waals surface area contributed by atoms with Crippen LogP contribution in [0.5, 0.6) is 11.5 Å². The van der Waals surface area contributed by atoms with Crippen LogP contribution >= 0.6 is 0 Å². The van der Waals surface area contributed by atoms with Crippen LogP contribution in [-0.2, 0) is 0 Å². The first kappa shape index (κ1) is 18.7. The second-order valence-corrected chi connectivity index (χ2v) is 6.51. The molecule has 148 valence electrons. The van der Waals surface area contributed by atoms with Gasteiger partial charge in [0.1, 0.15) is 17.2 Å². The summed E-state index contributed by atoms with van der Waals surface area (Å²) in [4.78, 5) is 4.54. The molecule has 0 atom stereocenters. The van der Waals surface area contributed by atoms with Crippen LogP contribution in [-0.4, -0.2) is 21.6 Å². The minimum absolute atomic E-state index is 0.0491. The highest BCUT2D eigenvalue weighted by Crippen LogP contribution is 2.38. The van der Waals surface area contributed by atoms with Crippen LogP contribution < -0.4 is 10.1 Å². The fourth-order valence-corrected chi connectivity index (χ4v) is 3.05. The smallest absolute Gasteiger partial charge is 0.194 e. The highest BCUT2D eigenvalue weighted by atomic mass is 19.2. The molecule has 8 heteroatoms. The lowest BCUT2D eigenvalue weighted by Gasteiger charge is -2.11. The number of ether oxygens (including phenoxy) is 1. The van der Waals surface area contributed by atoms with Gasteiger partial charge in [-0.15, -0.1) is 0 Å². The summed E-state index contributed by atoms with van der Waals surface area (Å²) in [5, 5.41) is 12.8. The summed E-state index contributed by atoms with van der Waals surface area (Å²) in [7, 11) is 1.31. The van der Waals surface area contributed by atoms with Crippen LogP contribution in [0.15, 0.2) is 48.7 Å². The molecule has 0 radical (unpaired) electrons. The SMILES string of the molecule is COc1cc(-c2nc3ccc(C)cn3c2Nc2ccc(F)c(F)c2)cc(F)c1O. The summed E-state index contributed by atoms with van der Waals surface area (Å²) in [6.45, 7) is 1.89. The molecule has 0 aliphatic heterocycles. The van der Waals surface area contributed by atoms with Crippen LogP contribution in [0.25, 0.3) is 16.9 Å². The maximum absolute atomic E-state index is 14.2. The van der Waals surface area contributed by atoms with Crippen LogP contribution in [0.1, 0.15) is 5.56 Å². The number of hydrogen-bond donors (Lipinski definition) is 2. The predicted molar refractivity (Wildman–Crippen MR) is 103 cm³/mol. The first-order chi connectivity index (χ1) is 13.9. The van der Waals surface area contributed by atoms with Gasteiger partial charge in [-0.1, -0.05) is 6.07 Å². The number of aromatic hydroxyl groups is 1. The number of nitrogens with one attached hydrogen (secondary N) is 1. The number of halogens is 3. The molecule has 2 aromatic carbocycles. The van der Waals surface area contributed by atoms with Gasteiger partial charge < -0.3 is 15.2 Å². The van der Waals surface area contributed by atoms with Crippen LogP contribution in [0.2, 0.25) is 0 Å². The molecule has 0 saturated carbocycles. The Bertz CT molecular complexity index is 1240. The Labute approximate surface area is 164 Å². The number of rotatable bonds is 4. The molecule has 4 rings (SSSR count). The highest BCUT2D eigenvalue weighted by molar-refractivity contribution is 5.81. The zero-order chi connectivity index (χ0) is 20.7. The van der Waals surface area contributed by atoms with Crippen molar-refractivity contribution in [3.63, 3.8) is 0 Å². The van der Waals surface area contributed by atoms with Crippen LogP contribution in [0, 0.1) is 24.4 Å². The summed E-state index contributed by atoms with van der Waals surface area (Å²) < 4.78 is 47.9. The van der Waals surface area contributed by atoms with E-state index in [0.717, 1.165) is 23.8 Å². The second-order valence-electron chi connectivity index (χ2n) is 6.51. The lowest BCUT2D eigenvalue weighted by molar-refractivity contribution is 0.357. The van der Waals surface area contributed by atoms with Crippen molar-refractivity contribution in [2.75, 3.05) is 12.4 Å². The fourth-order valence-electron chi connectivity index (χ4n) is 3.05. The van der Waals surface area contributed by atoms with E-state index in [1.54, 1.807) is 10.5 Å². The quantitative estimate of drug-likeness (QED) is 0.496. The van der Waals surface area contributed by atoms with Gasteiger partial charge >= 0.3 is 0 Å². The van der Waals surface area contributed by atoms with Crippen molar-refractivity contribution in [2.24, 2.45) is 0 Å². The van der Waals surface area contributed by atoms with E-state index in [2.05, 4.69) is 10.3 Å². The number of phenolic OH excluding ortho intramolecular Hbond substituents is 1. The molecule has 0 spiro atoms. The lowest BCUT2D eigenvalue weighted by Crippen LogP contribution is -1.99. The van der Waals surface area contributed by atoms with Crippen molar-refractivity contribution >= 4 is 17.2 Å². The third kappa shape index (κ3) is 3.33. The molecule has 2 aromatic heterocycles. The van der Waals surface area contributed by atoms with E-state index < -0.39 is 23.2 Å². The Morgan fingerprint density at radius 2 is 1.79 bits per heavy atom. The summed E-state index contributed by atoms with van der Waals surface area (Å²) in [6, 6.07) is 9.64. The van der Waals surface area contributed by atoms with E-state index in [0.29, 0.717) is 28.4 Å². The number of fused-ring (bicyclic) bond motifs is 1. The molecular formula is C21H16F3N3O2. The molecule has 0 saturated heterocycles. The van der Waals surface area contributed by atoms with Crippen molar-refractivity contribution < 1.29 is 23.0 Å². The third-order valence-corrected chi connectivity index (χ3v) is 4.47. The van der Waals surface area contributed by atoms with E-state index in [1.165, 1.54) is 19.2 Å². The van der Waals surface area contributed by atoms with Gasteiger partial charge in [0.25, 0.3) is 0 Å². The molecule has 0 aliphatic rings. The number of aromatic nitrogens is 2. The maximum Gasteiger partial charge on any atom is 0.194 e. The molecule has 29 heavy (non-hydrogen) atoms. The summed E-state index contributed by atoms with van der Waals surface area (Å²) in [5.41, 5.74) is 2.47. The molecule has 0 amide bonds. The van der Waals surface area contributed by atoms with Gasteiger partial charge in [-0.2, -0.15) is 0 Å². The Kier molecular flexibility index (Phi) is 4.54. The number of aryl methyl sites for hydroxylation is 1. The lowest BCUT2D eigenvalue weighted by atomic mass is 10.1. The van der Waals surface area contributed by atoms with Gasteiger partial charge in [0, 0.05) is 23.5 Å². The van der Waals surface area contributed by atoms with E-state index in [1.807, 2.05) is 19.2 Å². The van der Waals surface area contributed by atoms with E-state index >= 15 is 0 Å². The molecule has 5 nitrogen and oxygen atoms in total. The number of imidazole rings is 1. The monoisotopic (exact) mass is 399 g/mol. The fraction of sp³-hybridized carbons (Fsp3) is 0.0952. The molecule has 2 N–H and O–H groups in total. The minimum Gasteiger partial charge on any atom is -0.502 e. The molecule has 2 heterocycles. The van der Waals surface area contributed by atoms with Crippen molar-refractivity contribution in [2.45, 2.75) is 6.92 Å². The number of benzene rings is 2. The molecule has 0 fully saturated rings. The van der Waals surface area contributed by atoms with E-state index in [4.69, 9.17) is 4.74 Å². The Morgan fingerprint density at radius 1 is 1.00 bits per heavy atom. The summed E-state index contributed by atoms with van der Waals surface area (Å²) in [5.74, 6) is -3.07. The summed E-state index contributed by atoms with van der Waals surface area (Å²) >= 11 is 0. The average molecular weight is 399 g/mol. The predicted octanol–water partition coefficient (Wildman–Crippen LogP) is 5.18. The second kappa shape index (κ2) is 7.05. The number of nitrogens with zero attached hydrogens (tertiary/aromatic N) is 2. The van der Waals surface area contributed by atoms with Gasteiger partial charge in [0.05, 0.1) is 7.11 Å². The Balaban J connectivity index is 1.93. The van der Waals surface area contributed by atoms with E-state index in [-0.39, 0.29) is 5.75 Å². The molecule has 0 aliphatic carbocycles. The number of anilines is 2. The highest BCUT2D eigenvalue weighted by Gasteiger charge is 2.19. The molecule has 0 unspecified atom stereocenters. The number of phenols is 1. The Morgan fingerprint density at radius 3 is 2.52 bits per heavy atom. The first-order valence-electron chi connectivity index (χ1n) is 8.65. The standard InChI is InChI=1S/C21H16F3N3O2/c1-11-3-6-18-26-19(12-7-16(24)20(28)17(8-12)29-2)21(27(18)10-11)25-13-4-5-14(22)15(23)9-13/h3-10,25,28H,1-2H3. The van der Waals surface area contributed by atoms with Crippen molar-refractivity contribution in [3.05, 3.63) is 71.7 Å².